The van der Waals surface area contributed by atoms with Gasteiger partial charge in [0.25, 0.3) is 6.29 Å². The number of nitrogens with zero attached hydrogens (tertiary/aromatic N) is 1. The number of ether oxygens (including phenoxy) is 4. The third-order valence-electron chi connectivity index (χ3n) is 14.6. The molecule has 0 aromatic rings. The molecule has 1 N–H and O–H groups in total. The Hall–Kier alpha value is -3.53. The fraction of sp³-hybridized carbons (Fsp3) is 0.764. The van der Waals surface area contributed by atoms with Crippen molar-refractivity contribution in [2.45, 2.75) is 309 Å². The number of aliphatic carboxylic acids is 1. The van der Waals surface area contributed by atoms with Gasteiger partial charge in [0.15, 0.2) is 6.10 Å². The first-order valence-corrected chi connectivity index (χ1v) is 33.8. The van der Waals surface area contributed by atoms with Gasteiger partial charge in [-0.1, -0.05) is 279 Å². The lowest BCUT2D eigenvalue weighted by molar-refractivity contribution is -0.870. The molecule has 0 rings (SSSR count). The van der Waals surface area contributed by atoms with E-state index in [0.717, 1.165) is 77.0 Å². The minimum Gasteiger partial charge on any atom is -0.477 e. The third-order valence-corrected chi connectivity index (χ3v) is 14.6. The van der Waals surface area contributed by atoms with Crippen molar-refractivity contribution in [1.82, 2.24) is 0 Å². The number of hydrogen-bond acceptors (Lipinski definition) is 7. The summed E-state index contributed by atoms with van der Waals surface area (Å²) in [7, 11) is 5.98. The van der Waals surface area contributed by atoms with E-state index in [1.807, 2.05) is 21.1 Å². The molecule has 0 spiro atoms. The number of unbranched alkanes of at least 4 members (excludes halogenated alkanes) is 33. The number of esters is 2. The topological polar surface area (TPSA) is 108 Å². The van der Waals surface area contributed by atoms with E-state index < -0.39 is 24.3 Å². The highest BCUT2D eigenvalue weighted by molar-refractivity contribution is 5.71. The lowest BCUT2D eigenvalue weighted by atomic mass is 10.0. The van der Waals surface area contributed by atoms with Crippen molar-refractivity contribution in [3.05, 3.63) is 85.1 Å². The molecule has 0 aliphatic carbocycles. The zero-order chi connectivity index (χ0) is 59.1. The van der Waals surface area contributed by atoms with Gasteiger partial charge in [0.05, 0.1) is 34.4 Å². The van der Waals surface area contributed by atoms with Gasteiger partial charge in [-0.3, -0.25) is 9.59 Å². The van der Waals surface area contributed by atoms with Gasteiger partial charge in [-0.2, -0.15) is 0 Å². The van der Waals surface area contributed by atoms with Crippen LogP contribution in [0.2, 0.25) is 0 Å². The highest BCUT2D eigenvalue weighted by Crippen LogP contribution is 2.17. The molecule has 2 unspecified atom stereocenters. The molecule has 0 aliphatic heterocycles. The Morgan fingerprint density at radius 3 is 1.05 bits per heavy atom. The average Bonchev–Trinajstić information content (AvgIpc) is 3.44. The Kier molecular flexibility index (Phi) is 59.8. The summed E-state index contributed by atoms with van der Waals surface area (Å²) in [5, 5.41) is 9.74. The van der Waals surface area contributed by atoms with Gasteiger partial charge >= 0.3 is 17.9 Å². The predicted molar refractivity (Wildman–Crippen MR) is 346 cm³/mol. The fourth-order valence-corrected chi connectivity index (χ4v) is 9.48. The van der Waals surface area contributed by atoms with Crippen LogP contribution in [0.4, 0.5) is 0 Å². The van der Waals surface area contributed by atoms with Gasteiger partial charge < -0.3 is 28.5 Å². The summed E-state index contributed by atoms with van der Waals surface area (Å²) < 4.78 is 23.0. The lowest BCUT2D eigenvalue weighted by Crippen LogP contribution is -2.40. The van der Waals surface area contributed by atoms with Gasteiger partial charge in [-0.15, -0.1) is 0 Å². The summed E-state index contributed by atoms with van der Waals surface area (Å²) >= 11 is 0. The van der Waals surface area contributed by atoms with Crippen molar-refractivity contribution in [3.63, 3.8) is 0 Å². The molecule has 0 aliphatic rings. The zero-order valence-corrected chi connectivity index (χ0v) is 53.4. The second-order valence-electron chi connectivity index (χ2n) is 23.7. The van der Waals surface area contributed by atoms with Crippen LogP contribution in [0.15, 0.2) is 85.1 Å². The van der Waals surface area contributed by atoms with Crippen LogP contribution < -0.4 is 0 Å². The molecule has 468 valence electrons. The Labute approximate surface area is 500 Å². The van der Waals surface area contributed by atoms with E-state index >= 15 is 0 Å². The normalized spacial score (nSPS) is 13.2. The molecule has 0 aromatic heterocycles. The summed E-state index contributed by atoms with van der Waals surface area (Å²) in [6.07, 6.45) is 81.1. The van der Waals surface area contributed by atoms with Crippen LogP contribution in [0.1, 0.15) is 296 Å². The summed E-state index contributed by atoms with van der Waals surface area (Å²) in [6, 6.07) is 0. The van der Waals surface area contributed by atoms with E-state index in [9.17, 15) is 19.5 Å². The van der Waals surface area contributed by atoms with Crippen molar-refractivity contribution in [2.24, 2.45) is 0 Å². The van der Waals surface area contributed by atoms with Crippen molar-refractivity contribution < 1.29 is 42.9 Å². The minimum atomic E-state index is -1.51. The molecule has 0 fully saturated rings. The van der Waals surface area contributed by atoms with Crippen LogP contribution in [0.25, 0.3) is 0 Å². The lowest BCUT2D eigenvalue weighted by Gasteiger charge is -2.25. The Balaban J connectivity index is 4.14. The quantitative estimate of drug-likeness (QED) is 0.0211. The molecule has 9 heteroatoms. The molecule has 0 saturated heterocycles. The van der Waals surface area contributed by atoms with E-state index in [0.29, 0.717) is 17.4 Å². The summed E-state index contributed by atoms with van der Waals surface area (Å²) in [6.45, 7) is 4.78. The number of rotatable bonds is 62. The number of carbonyl (C=O) groups excluding carboxylic acids is 2. The van der Waals surface area contributed by atoms with Crippen LogP contribution in [0, 0.1) is 0 Å². The van der Waals surface area contributed by atoms with Gasteiger partial charge in [-0.25, -0.2) is 4.79 Å². The number of allylic oxidation sites excluding steroid dienone is 14. The number of hydrogen-bond donors (Lipinski definition) is 1. The Morgan fingerprint density at radius 1 is 0.383 bits per heavy atom. The molecule has 0 bridgehead atoms. The maximum atomic E-state index is 12.9. The number of carbonyl (C=O) groups is 3. The molecule has 0 aromatic carbocycles. The first-order chi connectivity index (χ1) is 39.6. The molecule has 0 radical (unpaired) electrons. The van der Waals surface area contributed by atoms with Gasteiger partial charge in [0.1, 0.15) is 13.2 Å². The van der Waals surface area contributed by atoms with Crippen LogP contribution in [0.5, 0.6) is 0 Å². The van der Waals surface area contributed by atoms with Crippen LogP contribution in [-0.4, -0.2) is 87.4 Å². The SMILES string of the molecule is CC/C=C\C/C=C\C/C=C\C/C=C\CCCCCCCCCCCCCCCCC(=O)OC(COC(=O)CCCCCCCCCCCCCCCC/C=C\C/C=C\C/C=C\CCCCCCC)COC(OCC[N+](C)(C)C)C(=O)O. The van der Waals surface area contributed by atoms with Gasteiger partial charge in [0, 0.05) is 12.8 Å². The molecular formula is C72H128NO8+. The summed E-state index contributed by atoms with van der Waals surface area (Å²) in [5.74, 6) is -2.00. The molecule has 0 amide bonds. The number of quaternary nitrogens is 1. The maximum absolute atomic E-state index is 12.9. The molecule has 2 atom stereocenters. The first-order valence-electron chi connectivity index (χ1n) is 33.8. The third kappa shape index (κ3) is 63.9. The van der Waals surface area contributed by atoms with E-state index in [2.05, 4.69) is 98.9 Å². The molecule has 81 heavy (non-hydrogen) atoms. The van der Waals surface area contributed by atoms with Crippen molar-refractivity contribution in [3.8, 4) is 0 Å². The largest absolute Gasteiger partial charge is 0.477 e. The Morgan fingerprint density at radius 2 is 0.704 bits per heavy atom. The van der Waals surface area contributed by atoms with Crippen LogP contribution in [-0.2, 0) is 33.3 Å². The monoisotopic (exact) mass is 1130 g/mol. The number of carboxylic acids is 1. The van der Waals surface area contributed by atoms with E-state index in [-0.39, 0.29) is 32.2 Å². The van der Waals surface area contributed by atoms with Crippen LogP contribution in [0.3, 0.4) is 0 Å². The van der Waals surface area contributed by atoms with Crippen LogP contribution >= 0.6 is 0 Å². The van der Waals surface area contributed by atoms with Gasteiger partial charge in [-0.05, 0) is 89.9 Å². The number of likely N-dealkylation sites (N-methyl/N-ethyl adjacent to an activating group) is 1. The van der Waals surface area contributed by atoms with Gasteiger partial charge in [0.2, 0.25) is 0 Å². The smallest absolute Gasteiger partial charge is 0.361 e. The summed E-state index contributed by atoms with van der Waals surface area (Å²) in [5.41, 5.74) is 0. The summed E-state index contributed by atoms with van der Waals surface area (Å²) in [4.78, 5) is 37.6. The van der Waals surface area contributed by atoms with Crippen molar-refractivity contribution in [2.75, 3.05) is 47.5 Å². The highest BCUT2D eigenvalue weighted by atomic mass is 16.7. The van der Waals surface area contributed by atoms with Crippen molar-refractivity contribution >= 4 is 17.9 Å². The number of carboxylic acid groups (broad SMARTS) is 1. The molecule has 0 heterocycles. The second-order valence-corrected chi connectivity index (χ2v) is 23.7. The zero-order valence-electron chi connectivity index (χ0n) is 53.4. The highest BCUT2D eigenvalue weighted by Gasteiger charge is 2.25. The van der Waals surface area contributed by atoms with Crippen molar-refractivity contribution in [1.29, 1.82) is 0 Å². The molecule has 9 nitrogen and oxygen atoms in total. The second kappa shape index (κ2) is 62.5. The standard InChI is InChI=1S/C72H127NO8/c1-6-8-10-12-14-16-18-20-22-24-26-28-30-32-34-35-37-38-40-42-44-46-48-50-52-54-56-58-60-62-69(74)79-66-68(67-80-72(71(76)77)78-65-64-73(3,4)5)81-70(75)63-61-59-57-55-53-51-49-47-45-43-41-39-36-33-31-29-27-25-23-21-19-17-15-13-11-9-7-2/h9,11,15,17-18,20-21,23-24,26-27,29-30,32,68,72H,6-8,10,12-14,16,19,22,25,28,31,33-67H2,1-5H3/p+1/b11-9-,17-15-,20-18-,23-21-,26-24-,29-27-,32-30-. The van der Waals surface area contributed by atoms with E-state index in [1.54, 1.807) is 0 Å². The molecule has 0 saturated carbocycles. The predicted octanol–water partition coefficient (Wildman–Crippen LogP) is 20.7. The average molecular weight is 1140 g/mol. The first kappa shape index (κ1) is 77.5. The Bertz CT molecular complexity index is 1600. The fourth-order valence-electron chi connectivity index (χ4n) is 9.48. The maximum Gasteiger partial charge on any atom is 0.361 e. The minimum absolute atomic E-state index is 0.184. The van der Waals surface area contributed by atoms with E-state index in [4.69, 9.17) is 18.9 Å². The molecular weight excluding hydrogens is 1010 g/mol. The van der Waals surface area contributed by atoms with E-state index in [1.165, 1.54) is 193 Å².